The average molecular weight is 371 g/mol. The molecule has 0 saturated carbocycles. The van der Waals surface area contributed by atoms with Gasteiger partial charge >= 0.3 is 5.97 Å². The lowest BCUT2D eigenvalue weighted by atomic mass is 10.2. The number of sulfonamides is 1. The van der Waals surface area contributed by atoms with Crippen LogP contribution in [0.1, 0.15) is 35.9 Å². The van der Waals surface area contributed by atoms with E-state index in [4.69, 9.17) is 9.26 Å². The number of aromatic nitrogens is 2. The van der Waals surface area contributed by atoms with Crippen molar-refractivity contribution in [3.05, 3.63) is 41.3 Å². The molecule has 0 amide bonds. The Morgan fingerprint density at radius 3 is 2.56 bits per heavy atom. The number of hydrogen-bond acceptors (Lipinski definition) is 7. The van der Waals surface area contributed by atoms with Crippen LogP contribution in [0.2, 0.25) is 0 Å². The Hall–Kier alpha value is -2.33. The second-order valence-electron chi connectivity index (χ2n) is 5.04. The van der Waals surface area contributed by atoms with Gasteiger partial charge in [-0.15, -0.1) is 0 Å². The van der Waals surface area contributed by atoms with Crippen LogP contribution in [0.4, 0.5) is 4.39 Å². The monoisotopic (exact) mass is 371 g/mol. The van der Waals surface area contributed by atoms with Gasteiger partial charge in [-0.25, -0.2) is 17.6 Å². The molecule has 25 heavy (non-hydrogen) atoms. The zero-order valence-electron chi connectivity index (χ0n) is 14.0. The fourth-order valence-corrected chi connectivity index (χ4v) is 3.62. The molecule has 1 aromatic carbocycles. The van der Waals surface area contributed by atoms with Crippen LogP contribution in [0.15, 0.2) is 27.6 Å². The molecule has 8 nitrogen and oxygen atoms in total. The number of nitrogens with zero attached hydrogens (tertiary/aromatic N) is 3. The zero-order valence-corrected chi connectivity index (χ0v) is 14.8. The van der Waals surface area contributed by atoms with Crippen molar-refractivity contribution >= 4 is 16.0 Å². The molecule has 0 atom stereocenters. The molecule has 136 valence electrons. The van der Waals surface area contributed by atoms with Crippen LogP contribution in [-0.4, -0.2) is 41.9 Å². The summed E-state index contributed by atoms with van der Waals surface area (Å²) < 4.78 is 49.8. The minimum absolute atomic E-state index is 0.0539. The summed E-state index contributed by atoms with van der Waals surface area (Å²) in [5.74, 6) is -1.49. The highest BCUT2D eigenvalue weighted by Crippen LogP contribution is 2.20. The second kappa shape index (κ2) is 7.70. The van der Waals surface area contributed by atoms with Gasteiger partial charge in [0.05, 0.1) is 10.5 Å². The first-order chi connectivity index (χ1) is 11.8. The number of carbonyl (C=O) groups excluding carboxylic acids is 1. The molecule has 0 unspecified atom stereocenters. The van der Waals surface area contributed by atoms with E-state index < -0.39 is 27.4 Å². The van der Waals surface area contributed by atoms with E-state index in [-0.39, 0.29) is 30.5 Å². The molecule has 2 aromatic rings. The Morgan fingerprint density at radius 1 is 1.32 bits per heavy atom. The van der Waals surface area contributed by atoms with E-state index in [9.17, 15) is 17.6 Å². The Bertz CT molecular complexity index is 862. The van der Waals surface area contributed by atoms with Gasteiger partial charge < -0.3 is 9.26 Å². The van der Waals surface area contributed by atoms with E-state index in [1.807, 2.05) is 0 Å². The summed E-state index contributed by atoms with van der Waals surface area (Å²) in [7, 11) is -3.82. The smallest absolute Gasteiger partial charge is 0.341 e. The lowest BCUT2D eigenvalue weighted by Crippen LogP contribution is -2.30. The van der Waals surface area contributed by atoms with Crippen molar-refractivity contribution in [3.8, 4) is 0 Å². The highest BCUT2D eigenvalue weighted by molar-refractivity contribution is 7.89. The van der Waals surface area contributed by atoms with Crippen molar-refractivity contribution in [1.29, 1.82) is 0 Å². The Morgan fingerprint density at radius 2 is 2.00 bits per heavy atom. The van der Waals surface area contributed by atoms with Crippen molar-refractivity contribution in [2.24, 2.45) is 0 Å². The van der Waals surface area contributed by atoms with Crippen LogP contribution in [0.3, 0.4) is 0 Å². The van der Waals surface area contributed by atoms with Crippen molar-refractivity contribution in [1.82, 2.24) is 14.4 Å². The summed E-state index contributed by atoms with van der Waals surface area (Å²) in [6.07, 6.45) is 0. The zero-order chi connectivity index (χ0) is 18.6. The molecular weight excluding hydrogens is 353 g/mol. The second-order valence-corrected chi connectivity index (χ2v) is 6.98. The van der Waals surface area contributed by atoms with Crippen LogP contribution >= 0.6 is 0 Å². The summed E-state index contributed by atoms with van der Waals surface area (Å²) in [6, 6.07) is 3.00. The van der Waals surface area contributed by atoms with E-state index >= 15 is 0 Å². The van der Waals surface area contributed by atoms with Crippen molar-refractivity contribution in [3.63, 3.8) is 0 Å². The molecule has 0 radical (unpaired) electrons. The summed E-state index contributed by atoms with van der Waals surface area (Å²) in [4.78, 5) is 15.7. The first-order valence-corrected chi connectivity index (χ1v) is 8.99. The Balaban J connectivity index is 2.24. The molecule has 0 saturated heterocycles. The van der Waals surface area contributed by atoms with Gasteiger partial charge in [-0.1, -0.05) is 19.0 Å². The molecule has 0 N–H and O–H groups in total. The number of carbonyl (C=O) groups is 1. The summed E-state index contributed by atoms with van der Waals surface area (Å²) >= 11 is 0. The van der Waals surface area contributed by atoms with E-state index in [1.54, 1.807) is 20.8 Å². The maximum Gasteiger partial charge on any atom is 0.341 e. The van der Waals surface area contributed by atoms with Crippen molar-refractivity contribution < 1.29 is 26.9 Å². The summed E-state index contributed by atoms with van der Waals surface area (Å²) in [6.45, 7) is 5.14. The number of rotatable bonds is 7. The quantitative estimate of drug-likeness (QED) is 0.685. The van der Waals surface area contributed by atoms with Crippen LogP contribution in [0.25, 0.3) is 0 Å². The average Bonchev–Trinajstić information content (AvgIpc) is 2.99. The SMILES string of the molecule is CCN(CC)S(=O)(=O)c1ccc(F)c(C(=O)OCc2nc(C)no2)c1. The van der Waals surface area contributed by atoms with Crippen LogP contribution in [-0.2, 0) is 21.4 Å². The third-order valence-corrected chi connectivity index (χ3v) is 5.44. The number of aryl methyl sites for hydroxylation is 1. The van der Waals surface area contributed by atoms with Gasteiger partial charge in [-0.3, -0.25) is 0 Å². The molecule has 0 aliphatic carbocycles. The predicted molar refractivity (Wildman–Crippen MR) is 84.7 cm³/mol. The highest BCUT2D eigenvalue weighted by Gasteiger charge is 2.25. The fraction of sp³-hybridized carbons (Fsp3) is 0.400. The van der Waals surface area contributed by atoms with E-state index in [0.29, 0.717) is 5.82 Å². The van der Waals surface area contributed by atoms with Gasteiger partial charge in [-0.05, 0) is 25.1 Å². The van der Waals surface area contributed by atoms with Crippen LogP contribution in [0.5, 0.6) is 0 Å². The topological polar surface area (TPSA) is 103 Å². The fourth-order valence-electron chi connectivity index (χ4n) is 2.14. The third kappa shape index (κ3) is 4.20. The lowest BCUT2D eigenvalue weighted by molar-refractivity contribution is 0.0424. The molecule has 0 aliphatic heterocycles. The number of ether oxygens (including phenoxy) is 1. The number of esters is 1. The summed E-state index contributed by atoms with van der Waals surface area (Å²) in [5.41, 5.74) is -0.482. The van der Waals surface area contributed by atoms with Gasteiger partial charge in [0.2, 0.25) is 10.0 Å². The van der Waals surface area contributed by atoms with E-state index in [2.05, 4.69) is 10.1 Å². The van der Waals surface area contributed by atoms with Crippen LogP contribution in [0, 0.1) is 12.7 Å². The van der Waals surface area contributed by atoms with Gasteiger partial charge in [0.15, 0.2) is 12.4 Å². The normalized spacial score (nSPS) is 11.7. The standard InChI is InChI=1S/C15H18FN3O5S/c1-4-19(5-2)25(21,22)11-6-7-13(16)12(8-11)15(20)23-9-14-17-10(3)18-24-14/h6-8H,4-5,9H2,1-3H3. The Labute approximate surface area is 144 Å². The van der Waals surface area contributed by atoms with Gasteiger partial charge in [-0.2, -0.15) is 9.29 Å². The molecule has 1 aromatic heterocycles. The molecule has 1 heterocycles. The maximum atomic E-state index is 13.9. The Kier molecular flexibility index (Phi) is 5.85. The van der Waals surface area contributed by atoms with Crippen LogP contribution < -0.4 is 0 Å². The lowest BCUT2D eigenvalue weighted by Gasteiger charge is -2.18. The van der Waals surface area contributed by atoms with E-state index in [1.165, 1.54) is 4.31 Å². The molecule has 0 fully saturated rings. The molecule has 0 spiro atoms. The largest absolute Gasteiger partial charge is 0.452 e. The van der Waals surface area contributed by atoms with Gasteiger partial charge in [0.25, 0.3) is 5.89 Å². The number of hydrogen-bond donors (Lipinski definition) is 0. The van der Waals surface area contributed by atoms with Gasteiger partial charge in [0.1, 0.15) is 5.82 Å². The number of benzene rings is 1. The maximum absolute atomic E-state index is 13.9. The molecule has 2 rings (SSSR count). The molecular formula is C15H18FN3O5S. The minimum atomic E-state index is -3.82. The highest BCUT2D eigenvalue weighted by atomic mass is 32.2. The predicted octanol–water partition coefficient (Wildman–Crippen LogP) is 1.90. The summed E-state index contributed by atoms with van der Waals surface area (Å²) in [5, 5.41) is 3.53. The first-order valence-electron chi connectivity index (χ1n) is 7.55. The first kappa shape index (κ1) is 19.0. The molecule has 10 heteroatoms. The molecule has 0 aliphatic rings. The number of halogens is 1. The van der Waals surface area contributed by atoms with E-state index in [0.717, 1.165) is 18.2 Å². The molecule has 0 bridgehead atoms. The van der Waals surface area contributed by atoms with Gasteiger partial charge in [0, 0.05) is 13.1 Å². The van der Waals surface area contributed by atoms with Crippen molar-refractivity contribution in [2.45, 2.75) is 32.3 Å². The van der Waals surface area contributed by atoms with Crippen molar-refractivity contribution in [2.75, 3.05) is 13.1 Å². The third-order valence-electron chi connectivity index (χ3n) is 3.40. The minimum Gasteiger partial charge on any atom is -0.452 e.